The number of hydroxylamine groups is 1. The van der Waals surface area contributed by atoms with Crippen molar-refractivity contribution in [3.63, 3.8) is 0 Å². The molecule has 1 saturated heterocycles. The second-order valence-electron chi connectivity index (χ2n) is 6.64. The van der Waals surface area contributed by atoms with Crippen molar-refractivity contribution < 1.29 is 14.8 Å². The fraction of sp³-hybridized carbons (Fsp3) is 0.706. The summed E-state index contributed by atoms with van der Waals surface area (Å²) in [6.45, 7) is 2.56. The number of carbonyl (C=O) groups is 2. The number of nitrogens with two attached hydrogens (primary N) is 1. The molecule has 140 valence electrons. The van der Waals surface area contributed by atoms with E-state index in [0.717, 1.165) is 58.2 Å². The molecule has 1 unspecified atom stereocenters. The van der Waals surface area contributed by atoms with E-state index in [4.69, 9.17) is 10.9 Å². The molecule has 0 aromatic heterocycles. The Labute approximate surface area is 148 Å². The maximum Gasteiger partial charge on any atom is 0.243 e. The van der Waals surface area contributed by atoms with Crippen LogP contribution in [0.3, 0.4) is 0 Å². The summed E-state index contributed by atoms with van der Waals surface area (Å²) in [6, 6.07) is 0. The monoisotopic (exact) mass is 351 g/mol. The summed E-state index contributed by atoms with van der Waals surface area (Å²) in [5.41, 5.74) is 7.06. The van der Waals surface area contributed by atoms with E-state index >= 15 is 0 Å². The molecule has 0 spiro atoms. The fourth-order valence-corrected chi connectivity index (χ4v) is 3.34. The number of carbonyl (C=O) groups excluding carboxylic acids is 2. The number of nitrogens with zero attached hydrogens (tertiary/aromatic N) is 3. The lowest BCUT2D eigenvalue weighted by atomic mass is 9.96. The van der Waals surface area contributed by atoms with Gasteiger partial charge in [-0.3, -0.25) is 24.7 Å². The van der Waals surface area contributed by atoms with Gasteiger partial charge < -0.3 is 10.6 Å². The highest BCUT2D eigenvalue weighted by Crippen LogP contribution is 2.22. The summed E-state index contributed by atoms with van der Waals surface area (Å²) >= 11 is 0. The zero-order chi connectivity index (χ0) is 18.1. The van der Waals surface area contributed by atoms with Crippen molar-refractivity contribution in [3.8, 4) is 0 Å². The highest BCUT2D eigenvalue weighted by Gasteiger charge is 2.29. The van der Waals surface area contributed by atoms with Crippen LogP contribution in [0.4, 0.5) is 0 Å². The zero-order valence-corrected chi connectivity index (χ0v) is 14.6. The number of primary amides is 1. The summed E-state index contributed by atoms with van der Waals surface area (Å²) in [5, 5.41) is 8.45. The first-order valence-corrected chi connectivity index (χ1v) is 9.04. The van der Waals surface area contributed by atoms with Crippen molar-refractivity contribution in [2.75, 3.05) is 19.6 Å². The van der Waals surface area contributed by atoms with Crippen LogP contribution in [0, 0.1) is 5.92 Å². The zero-order valence-electron chi connectivity index (χ0n) is 14.6. The molecule has 2 aliphatic heterocycles. The molecule has 8 heteroatoms. The van der Waals surface area contributed by atoms with Crippen LogP contribution in [-0.2, 0) is 9.59 Å². The number of allylic oxidation sites excluding steroid dienone is 1. The third-order valence-corrected chi connectivity index (χ3v) is 4.83. The maximum atomic E-state index is 11.3. The lowest BCUT2D eigenvalue weighted by molar-refractivity contribution is -0.129. The first-order valence-electron chi connectivity index (χ1n) is 9.04. The van der Waals surface area contributed by atoms with Gasteiger partial charge in [0, 0.05) is 44.4 Å². The lowest BCUT2D eigenvalue weighted by Crippen LogP contribution is -2.50. The Morgan fingerprint density at radius 2 is 1.92 bits per heavy atom. The average Bonchev–Trinajstić information content (AvgIpc) is 2.64. The molecular formula is C17H29N5O3. The van der Waals surface area contributed by atoms with Crippen molar-refractivity contribution in [3.05, 3.63) is 12.3 Å². The van der Waals surface area contributed by atoms with Crippen LogP contribution in [-0.4, -0.2) is 59.0 Å². The Hall–Kier alpha value is -1.93. The van der Waals surface area contributed by atoms with Crippen LogP contribution in [0.15, 0.2) is 17.3 Å². The number of hydrogen-bond acceptors (Lipinski definition) is 6. The summed E-state index contributed by atoms with van der Waals surface area (Å²) in [7, 11) is 0. The molecule has 0 radical (unpaired) electrons. The quantitative estimate of drug-likeness (QED) is 0.324. The normalized spacial score (nSPS) is 21.5. The van der Waals surface area contributed by atoms with Crippen molar-refractivity contribution in [1.82, 2.24) is 15.3 Å². The third kappa shape index (κ3) is 6.13. The number of piperidine rings is 1. The van der Waals surface area contributed by atoms with Gasteiger partial charge in [-0.25, -0.2) is 5.48 Å². The minimum absolute atomic E-state index is 0.000932. The van der Waals surface area contributed by atoms with Crippen LogP contribution in [0.5, 0.6) is 0 Å². The maximum absolute atomic E-state index is 11.3. The molecule has 0 aromatic rings. The first-order chi connectivity index (χ1) is 12.1. The Morgan fingerprint density at radius 1 is 1.20 bits per heavy atom. The second-order valence-corrected chi connectivity index (χ2v) is 6.64. The number of unbranched alkanes of at least 4 members (excludes halogenated alkanes) is 3. The molecule has 1 atom stereocenters. The van der Waals surface area contributed by atoms with Gasteiger partial charge in [-0.05, 0) is 31.8 Å². The fourth-order valence-electron chi connectivity index (χ4n) is 3.34. The van der Waals surface area contributed by atoms with E-state index in [1.165, 1.54) is 0 Å². The molecule has 1 fully saturated rings. The van der Waals surface area contributed by atoms with E-state index in [0.29, 0.717) is 6.42 Å². The van der Waals surface area contributed by atoms with E-state index < -0.39 is 0 Å². The molecule has 2 aliphatic rings. The Morgan fingerprint density at radius 3 is 2.60 bits per heavy atom. The largest absolute Gasteiger partial charge is 0.369 e. The van der Waals surface area contributed by atoms with E-state index in [1.807, 2.05) is 12.3 Å². The predicted octanol–water partition coefficient (Wildman–Crippen LogP) is 0.823. The molecule has 8 nitrogen and oxygen atoms in total. The summed E-state index contributed by atoms with van der Waals surface area (Å²) in [5.74, 6) is -0.532. The Bertz CT molecular complexity index is 501. The molecule has 0 saturated carbocycles. The molecule has 0 aliphatic carbocycles. The van der Waals surface area contributed by atoms with E-state index in [1.54, 1.807) is 5.48 Å². The van der Waals surface area contributed by atoms with Crippen molar-refractivity contribution in [2.24, 2.45) is 16.6 Å². The average molecular weight is 351 g/mol. The molecule has 2 heterocycles. The van der Waals surface area contributed by atoms with Crippen molar-refractivity contribution in [1.29, 1.82) is 0 Å². The molecule has 25 heavy (non-hydrogen) atoms. The number of aliphatic imine (C=N–C) groups is 1. The Balaban J connectivity index is 1.70. The summed E-state index contributed by atoms with van der Waals surface area (Å²) in [6.07, 6.45) is 11.6. The highest BCUT2D eigenvalue weighted by atomic mass is 16.5. The van der Waals surface area contributed by atoms with Gasteiger partial charge in [-0.2, -0.15) is 0 Å². The summed E-state index contributed by atoms with van der Waals surface area (Å²) < 4.78 is 0. The third-order valence-electron chi connectivity index (χ3n) is 4.83. The standard InChI is InChI=1S/C17H29N5O3/c18-16(24)14-7-12-22(13-8-14)17-19-9-5-11-21(17)10-4-2-1-3-6-15(23)20-25/h5,9,11,14,17,25H,1-4,6-8,10,12-13H2,(H2,18,24)(H,20,23). The van der Waals surface area contributed by atoms with Gasteiger partial charge in [0.15, 0.2) is 6.29 Å². The molecule has 2 amide bonds. The van der Waals surface area contributed by atoms with Gasteiger partial charge in [0.25, 0.3) is 0 Å². The Kier molecular flexibility index (Phi) is 7.87. The van der Waals surface area contributed by atoms with Crippen LogP contribution >= 0.6 is 0 Å². The summed E-state index contributed by atoms with van der Waals surface area (Å²) in [4.78, 5) is 31.4. The van der Waals surface area contributed by atoms with E-state index in [-0.39, 0.29) is 24.0 Å². The van der Waals surface area contributed by atoms with Gasteiger partial charge in [0.05, 0.1) is 0 Å². The van der Waals surface area contributed by atoms with Gasteiger partial charge in [-0.1, -0.05) is 12.8 Å². The molecule has 2 rings (SSSR count). The molecule has 4 N–H and O–H groups in total. The van der Waals surface area contributed by atoms with E-state index in [2.05, 4.69) is 21.0 Å². The topological polar surface area (TPSA) is 111 Å². The first kappa shape index (κ1) is 19.4. The van der Waals surface area contributed by atoms with Gasteiger partial charge in [0.2, 0.25) is 11.8 Å². The molecular weight excluding hydrogens is 322 g/mol. The second kappa shape index (κ2) is 10.1. The van der Waals surface area contributed by atoms with Crippen LogP contribution in [0.2, 0.25) is 0 Å². The SMILES string of the molecule is NC(=O)C1CCN(C2N=CC=CN2CCCCCCC(=O)NO)CC1. The molecule has 0 bridgehead atoms. The number of hydrogen-bond donors (Lipinski definition) is 3. The number of amides is 2. The van der Waals surface area contributed by atoms with Gasteiger partial charge >= 0.3 is 0 Å². The number of likely N-dealkylation sites (tertiary alicyclic amines) is 1. The van der Waals surface area contributed by atoms with E-state index in [9.17, 15) is 9.59 Å². The smallest absolute Gasteiger partial charge is 0.243 e. The van der Waals surface area contributed by atoms with Crippen molar-refractivity contribution in [2.45, 2.75) is 51.2 Å². The van der Waals surface area contributed by atoms with Gasteiger partial charge in [0.1, 0.15) is 0 Å². The molecule has 0 aromatic carbocycles. The van der Waals surface area contributed by atoms with Crippen LogP contribution in [0.25, 0.3) is 0 Å². The van der Waals surface area contributed by atoms with Crippen molar-refractivity contribution >= 4 is 18.0 Å². The number of rotatable bonds is 9. The van der Waals surface area contributed by atoms with Crippen LogP contribution < -0.4 is 11.2 Å². The van der Waals surface area contributed by atoms with Crippen LogP contribution in [0.1, 0.15) is 44.9 Å². The predicted molar refractivity (Wildman–Crippen MR) is 94.6 cm³/mol. The number of nitrogens with one attached hydrogen (secondary N) is 1. The highest BCUT2D eigenvalue weighted by molar-refractivity contribution is 5.76. The minimum atomic E-state index is -0.326. The van der Waals surface area contributed by atoms with Gasteiger partial charge in [-0.15, -0.1) is 0 Å². The lowest BCUT2D eigenvalue weighted by Gasteiger charge is -2.40. The minimum Gasteiger partial charge on any atom is -0.369 e.